The summed E-state index contributed by atoms with van der Waals surface area (Å²) in [7, 11) is 0. The Labute approximate surface area is 137 Å². The predicted molar refractivity (Wildman–Crippen MR) is 90.1 cm³/mol. The van der Waals surface area contributed by atoms with Crippen molar-refractivity contribution in [1.82, 2.24) is 14.3 Å². The number of carbonyl (C=O) groups is 1. The molecule has 3 heterocycles. The Balaban J connectivity index is 2.04. The van der Waals surface area contributed by atoms with E-state index >= 15 is 0 Å². The van der Waals surface area contributed by atoms with Crippen molar-refractivity contribution in [2.75, 3.05) is 19.7 Å². The van der Waals surface area contributed by atoms with Gasteiger partial charge in [0.1, 0.15) is 5.69 Å². The first-order valence-electron chi connectivity index (χ1n) is 8.68. The Morgan fingerprint density at radius 3 is 2.61 bits per heavy atom. The quantitative estimate of drug-likeness (QED) is 0.869. The van der Waals surface area contributed by atoms with E-state index in [1.165, 1.54) is 12.8 Å². The summed E-state index contributed by atoms with van der Waals surface area (Å²) < 4.78 is 7.57. The second kappa shape index (κ2) is 7.02. The van der Waals surface area contributed by atoms with E-state index in [2.05, 4.69) is 4.98 Å². The monoisotopic (exact) mass is 315 g/mol. The lowest BCUT2D eigenvalue weighted by molar-refractivity contribution is 0.0753. The largest absolute Gasteiger partial charge is 0.490 e. The Bertz CT molecular complexity index is 685. The van der Waals surface area contributed by atoms with Crippen molar-refractivity contribution in [3.8, 4) is 5.75 Å². The van der Waals surface area contributed by atoms with Crippen molar-refractivity contribution in [2.24, 2.45) is 0 Å². The highest BCUT2D eigenvalue weighted by molar-refractivity contribution is 5.95. The number of hydrogen-bond acceptors (Lipinski definition) is 3. The zero-order valence-electron chi connectivity index (χ0n) is 14.0. The van der Waals surface area contributed by atoms with E-state index in [0.717, 1.165) is 49.4 Å². The maximum absolute atomic E-state index is 13.1. The van der Waals surface area contributed by atoms with Gasteiger partial charge in [-0.05, 0) is 38.3 Å². The van der Waals surface area contributed by atoms with E-state index in [4.69, 9.17) is 4.74 Å². The number of fused-ring (bicyclic) bond motifs is 1. The van der Waals surface area contributed by atoms with E-state index in [0.29, 0.717) is 12.3 Å². The number of carbonyl (C=O) groups excluding carboxylic acids is 1. The van der Waals surface area contributed by atoms with Crippen LogP contribution in [-0.4, -0.2) is 39.9 Å². The van der Waals surface area contributed by atoms with E-state index in [9.17, 15) is 4.79 Å². The Hall–Kier alpha value is -2.04. The van der Waals surface area contributed by atoms with Gasteiger partial charge in [-0.25, -0.2) is 4.98 Å². The number of amides is 1. The van der Waals surface area contributed by atoms with E-state index < -0.39 is 0 Å². The molecule has 3 rings (SSSR count). The van der Waals surface area contributed by atoms with Crippen molar-refractivity contribution in [3.05, 3.63) is 29.7 Å². The standard InChI is InChI=1S/C18H25N3O2/c1-3-14-16(18(22)20-11-7-5-6-8-12-20)21-13-9-10-15(23-4-2)17(21)19-14/h9-10,13H,3-8,11-12H2,1-2H3. The number of pyridine rings is 1. The van der Waals surface area contributed by atoms with Crippen molar-refractivity contribution >= 4 is 11.6 Å². The first kappa shape index (κ1) is 15.8. The fourth-order valence-corrected chi connectivity index (χ4v) is 3.25. The molecule has 0 aromatic carbocycles. The minimum atomic E-state index is 0.102. The maximum Gasteiger partial charge on any atom is 0.272 e. The molecule has 124 valence electrons. The Morgan fingerprint density at radius 2 is 1.96 bits per heavy atom. The molecule has 23 heavy (non-hydrogen) atoms. The third-order valence-corrected chi connectivity index (χ3v) is 4.42. The molecule has 2 aromatic heterocycles. The molecule has 1 aliphatic rings. The van der Waals surface area contributed by atoms with Crippen LogP contribution >= 0.6 is 0 Å². The number of rotatable bonds is 4. The molecule has 5 heteroatoms. The molecule has 1 saturated heterocycles. The van der Waals surface area contributed by atoms with Gasteiger partial charge in [-0.1, -0.05) is 19.8 Å². The van der Waals surface area contributed by atoms with Crippen molar-refractivity contribution in [3.63, 3.8) is 0 Å². The molecule has 0 unspecified atom stereocenters. The highest BCUT2D eigenvalue weighted by atomic mass is 16.5. The second-order valence-electron chi connectivity index (χ2n) is 5.97. The zero-order chi connectivity index (χ0) is 16.2. The smallest absolute Gasteiger partial charge is 0.272 e. The van der Waals surface area contributed by atoms with E-state index in [-0.39, 0.29) is 5.91 Å². The van der Waals surface area contributed by atoms with Gasteiger partial charge in [0.2, 0.25) is 0 Å². The van der Waals surface area contributed by atoms with Gasteiger partial charge >= 0.3 is 0 Å². The number of likely N-dealkylation sites (tertiary alicyclic amines) is 1. The van der Waals surface area contributed by atoms with Crippen molar-refractivity contribution in [2.45, 2.75) is 46.0 Å². The molecule has 0 atom stereocenters. The van der Waals surface area contributed by atoms with Gasteiger partial charge in [0, 0.05) is 19.3 Å². The maximum atomic E-state index is 13.1. The van der Waals surface area contributed by atoms with Crippen LogP contribution in [0.1, 0.15) is 55.7 Å². The second-order valence-corrected chi connectivity index (χ2v) is 5.97. The fraction of sp³-hybridized carbons (Fsp3) is 0.556. The normalized spacial score (nSPS) is 15.7. The van der Waals surface area contributed by atoms with Gasteiger partial charge in [-0.15, -0.1) is 0 Å². The van der Waals surface area contributed by atoms with Crippen LogP contribution in [0.25, 0.3) is 5.65 Å². The lowest BCUT2D eigenvalue weighted by Gasteiger charge is -2.20. The molecule has 0 aliphatic carbocycles. The van der Waals surface area contributed by atoms with Crippen LogP contribution in [-0.2, 0) is 6.42 Å². The van der Waals surface area contributed by atoms with Crippen molar-refractivity contribution < 1.29 is 9.53 Å². The molecule has 0 bridgehead atoms. The molecular weight excluding hydrogens is 290 g/mol. The average Bonchev–Trinajstić information content (AvgIpc) is 2.75. The number of imidazole rings is 1. The molecule has 2 aromatic rings. The fourth-order valence-electron chi connectivity index (χ4n) is 3.25. The number of aryl methyl sites for hydroxylation is 1. The number of hydrogen-bond donors (Lipinski definition) is 0. The molecule has 1 amide bonds. The summed E-state index contributed by atoms with van der Waals surface area (Å²) >= 11 is 0. The van der Waals surface area contributed by atoms with Crippen LogP contribution in [0, 0.1) is 0 Å². The van der Waals surface area contributed by atoms with Gasteiger partial charge < -0.3 is 9.64 Å². The highest BCUT2D eigenvalue weighted by Crippen LogP contribution is 2.24. The number of ether oxygens (including phenoxy) is 1. The third-order valence-electron chi connectivity index (χ3n) is 4.42. The minimum Gasteiger partial charge on any atom is -0.490 e. The van der Waals surface area contributed by atoms with E-state index in [1.807, 2.05) is 41.5 Å². The first-order valence-corrected chi connectivity index (χ1v) is 8.68. The van der Waals surface area contributed by atoms with Crippen LogP contribution in [0.15, 0.2) is 18.3 Å². The van der Waals surface area contributed by atoms with Gasteiger partial charge in [0.15, 0.2) is 11.4 Å². The number of nitrogens with zero attached hydrogens (tertiary/aromatic N) is 3. The molecule has 1 fully saturated rings. The summed E-state index contributed by atoms with van der Waals surface area (Å²) in [6.45, 7) is 6.28. The van der Waals surface area contributed by atoms with Crippen LogP contribution in [0.3, 0.4) is 0 Å². The number of aromatic nitrogens is 2. The third kappa shape index (κ3) is 3.05. The van der Waals surface area contributed by atoms with Gasteiger partial charge in [-0.3, -0.25) is 9.20 Å². The van der Waals surface area contributed by atoms with Gasteiger partial charge in [-0.2, -0.15) is 0 Å². The van der Waals surface area contributed by atoms with Gasteiger partial charge in [0.25, 0.3) is 5.91 Å². The topological polar surface area (TPSA) is 46.8 Å². The molecule has 0 saturated carbocycles. The molecule has 1 aliphatic heterocycles. The Morgan fingerprint density at radius 1 is 1.22 bits per heavy atom. The summed E-state index contributed by atoms with van der Waals surface area (Å²) in [4.78, 5) is 19.8. The summed E-state index contributed by atoms with van der Waals surface area (Å²) in [5, 5.41) is 0. The van der Waals surface area contributed by atoms with Crippen LogP contribution in [0.2, 0.25) is 0 Å². The summed E-state index contributed by atoms with van der Waals surface area (Å²) in [5.41, 5.74) is 2.29. The van der Waals surface area contributed by atoms with Crippen LogP contribution in [0.5, 0.6) is 5.75 Å². The molecule has 5 nitrogen and oxygen atoms in total. The Kier molecular flexibility index (Phi) is 4.84. The van der Waals surface area contributed by atoms with Crippen LogP contribution in [0.4, 0.5) is 0 Å². The minimum absolute atomic E-state index is 0.102. The highest BCUT2D eigenvalue weighted by Gasteiger charge is 2.25. The SMILES string of the molecule is CCOc1cccn2c(C(=O)N3CCCCCC3)c(CC)nc12. The first-order chi connectivity index (χ1) is 11.3. The summed E-state index contributed by atoms with van der Waals surface area (Å²) in [6.07, 6.45) is 7.26. The average molecular weight is 315 g/mol. The predicted octanol–water partition coefficient (Wildman–Crippen LogP) is 3.31. The lowest BCUT2D eigenvalue weighted by Crippen LogP contribution is -2.33. The van der Waals surface area contributed by atoms with Crippen molar-refractivity contribution in [1.29, 1.82) is 0 Å². The summed E-state index contributed by atoms with van der Waals surface area (Å²) in [6, 6.07) is 3.82. The summed E-state index contributed by atoms with van der Waals surface area (Å²) in [5.74, 6) is 0.838. The van der Waals surface area contributed by atoms with Crippen LogP contribution < -0.4 is 4.74 Å². The zero-order valence-corrected chi connectivity index (χ0v) is 14.0. The van der Waals surface area contributed by atoms with Gasteiger partial charge in [0.05, 0.1) is 12.3 Å². The molecular formula is C18H25N3O2. The molecule has 0 radical (unpaired) electrons. The molecule has 0 N–H and O–H groups in total. The van der Waals surface area contributed by atoms with E-state index in [1.54, 1.807) is 0 Å². The molecule has 0 spiro atoms. The lowest BCUT2D eigenvalue weighted by atomic mass is 10.2.